The number of carboxylic acids is 1. The van der Waals surface area contributed by atoms with Crippen molar-refractivity contribution in [2.45, 2.75) is 12.8 Å². The predicted octanol–water partition coefficient (Wildman–Crippen LogP) is 2.14. The van der Waals surface area contributed by atoms with Crippen LogP contribution in [-0.2, 0) is 0 Å². The van der Waals surface area contributed by atoms with Gasteiger partial charge in [0.05, 0.1) is 11.1 Å². The highest BCUT2D eigenvalue weighted by molar-refractivity contribution is 6.02. The summed E-state index contributed by atoms with van der Waals surface area (Å²) in [4.78, 5) is 18.0. The van der Waals surface area contributed by atoms with Crippen LogP contribution in [0.3, 0.4) is 0 Å². The van der Waals surface area contributed by atoms with Crippen molar-refractivity contribution in [3.63, 3.8) is 0 Å². The number of aromatic carboxylic acids is 1. The molecule has 1 aromatic carbocycles. The molecule has 110 valence electrons. The van der Waals surface area contributed by atoms with Gasteiger partial charge in [0.1, 0.15) is 5.82 Å². The van der Waals surface area contributed by atoms with Crippen molar-refractivity contribution in [3.05, 3.63) is 35.9 Å². The number of hydrogen-bond donors (Lipinski definition) is 2. The predicted molar refractivity (Wildman–Crippen MR) is 80.7 cm³/mol. The summed E-state index contributed by atoms with van der Waals surface area (Å²) in [5.74, 6) is 0.461. The van der Waals surface area contributed by atoms with Crippen LogP contribution in [-0.4, -0.2) is 40.9 Å². The molecule has 3 rings (SSSR count). The van der Waals surface area contributed by atoms with E-state index in [0.717, 1.165) is 31.7 Å². The molecular weight excluding hydrogens is 268 g/mol. The molecule has 0 bridgehead atoms. The fourth-order valence-corrected chi connectivity index (χ4v) is 2.97. The lowest BCUT2D eigenvalue weighted by atomic mass is 10.1. The van der Waals surface area contributed by atoms with Gasteiger partial charge in [0.25, 0.3) is 0 Å². The summed E-state index contributed by atoms with van der Waals surface area (Å²) in [5, 5.41) is 18.9. The molecule has 1 aromatic heterocycles. The van der Waals surface area contributed by atoms with Crippen LogP contribution in [0.15, 0.2) is 30.3 Å². The molecule has 5 heteroatoms. The SMILES string of the molecule is O=C(O)c1cccc2nc(N3CCC(CCO)C3)ccc12. The topological polar surface area (TPSA) is 73.7 Å². The number of aromatic nitrogens is 1. The summed E-state index contributed by atoms with van der Waals surface area (Å²) >= 11 is 0. The first-order valence-electron chi connectivity index (χ1n) is 7.18. The van der Waals surface area contributed by atoms with Gasteiger partial charge in [-0.05, 0) is 43.0 Å². The minimum Gasteiger partial charge on any atom is -0.478 e. The first-order chi connectivity index (χ1) is 10.2. The molecule has 1 unspecified atom stereocenters. The van der Waals surface area contributed by atoms with E-state index in [4.69, 9.17) is 5.11 Å². The zero-order chi connectivity index (χ0) is 14.8. The Kier molecular flexibility index (Phi) is 3.75. The van der Waals surface area contributed by atoms with Gasteiger partial charge in [0.2, 0.25) is 0 Å². The number of aliphatic hydroxyl groups excluding tert-OH is 1. The molecule has 0 saturated carbocycles. The largest absolute Gasteiger partial charge is 0.478 e. The third-order valence-electron chi connectivity index (χ3n) is 4.09. The van der Waals surface area contributed by atoms with Gasteiger partial charge in [-0.2, -0.15) is 0 Å². The highest BCUT2D eigenvalue weighted by atomic mass is 16.4. The Morgan fingerprint density at radius 3 is 2.95 bits per heavy atom. The highest BCUT2D eigenvalue weighted by Gasteiger charge is 2.23. The van der Waals surface area contributed by atoms with Crippen LogP contribution in [0.25, 0.3) is 10.9 Å². The molecule has 1 aliphatic heterocycles. The molecular formula is C16H18N2O3. The minimum atomic E-state index is -0.931. The molecule has 0 spiro atoms. The van der Waals surface area contributed by atoms with Gasteiger partial charge in [-0.1, -0.05) is 6.07 Å². The number of pyridine rings is 1. The fourth-order valence-electron chi connectivity index (χ4n) is 2.97. The number of carbonyl (C=O) groups is 1. The monoisotopic (exact) mass is 286 g/mol. The van der Waals surface area contributed by atoms with Crippen molar-refractivity contribution in [2.75, 3.05) is 24.6 Å². The van der Waals surface area contributed by atoms with Crippen LogP contribution in [0.1, 0.15) is 23.2 Å². The van der Waals surface area contributed by atoms with E-state index >= 15 is 0 Å². The van der Waals surface area contributed by atoms with Gasteiger partial charge in [-0.25, -0.2) is 9.78 Å². The van der Waals surface area contributed by atoms with Gasteiger partial charge >= 0.3 is 5.97 Å². The number of fused-ring (bicyclic) bond motifs is 1. The number of nitrogens with zero attached hydrogens (tertiary/aromatic N) is 2. The standard InChI is InChI=1S/C16H18N2O3/c19-9-7-11-6-8-18(10-11)15-5-4-12-13(16(20)21)2-1-3-14(12)17-15/h1-5,11,19H,6-10H2,(H,20,21). The van der Waals surface area contributed by atoms with Gasteiger partial charge in [-0.3, -0.25) is 0 Å². The minimum absolute atomic E-state index is 0.228. The van der Waals surface area contributed by atoms with Crippen LogP contribution in [0.2, 0.25) is 0 Å². The van der Waals surface area contributed by atoms with Crippen molar-refractivity contribution >= 4 is 22.7 Å². The average molecular weight is 286 g/mol. The van der Waals surface area contributed by atoms with E-state index < -0.39 is 5.97 Å². The van der Waals surface area contributed by atoms with Crippen molar-refractivity contribution in [1.82, 2.24) is 4.98 Å². The van der Waals surface area contributed by atoms with Crippen molar-refractivity contribution in [1.29, 1.82) is 0 Å². The Balaban J connectivity index is 1.90. The molecule has 5 nitrogen and oxygen atoms in total. The number of hydrogen-bond acceptors (Lipinski definition) is 4. The van der Waals surface area contributed by atoms with Gasteiger partial charge in [0, 0.05) is 25.1 Å². The van der Waals surface area contributed by atoms with Crippen molar-refractivity contribution < 1.29 is 15.0 Å². The quantitative estimate of drug-likeness (QED) is 0.901. The molecule has 1 fully saturated rings. The zero-order valence-corrected chi connectivity index (χ0v) is 11.7. The maximum Gasteiger partial charge on any atom is 0.336 e. The van der Waals surface area contributed by atoms with E-state index in [1.807, 2.05) is 18.2 Å². The van der Waals surface area contributed by atoms with Gasteiger partial charge in [-0.15, -0.1) is 0 Å². The first kappa shape index (κ1) is 13.8. The number of carboxylic acid groups (broad SMARTS) is 1. The van der Waals surface area contributed by atoms with E-state index in [0.29, 0.717) is 16.8 Å². The van der Waals surface area contributed by atoms with Crippen LogP contribution in [0.5, 0.6) is 0 Å². The summed E-state index contributed by atoms with van der Waals surface area (Å²) in [5.41, 5.74) is 0.990. The zero-order valence-electron chi connectivity index (χ0n) is 11.7. The van der Waals surface area contributed by atoms with E-state index in [9.17, 15) is 9.90 Å². The van der Waals surface area contributed by atoms with Crippen LogP contribution in [0.4, 0.5) is 5.82 Å². The summed E-state index contributed by atoms with van der Waals surface area (Å²) < 4.78 is 0. The molecule has 0 aliphatic carbocycles. The summed E-state index contributed by atoms with van der Waals surface area (Å²) in [7, 11) is 0. The second kappa shape index (κ2) is 5.69. The fraction of sp³-hybridized carbons (Fsp3) is 0.375. The number of benzene rings is 1. The molecule has 1 saturated heterocycles. The normalized spacial score (nSPS) is 18.3. The average Bonchev–Trinajstić information content (AvgIpc) is 2.95. The lowest BCUT2D eigenvalue weighted by molar-refractivity contribution is 0.0699. The summed E-state index contributed by atoms with van der Waals surface area (Å²) in [6.45, 7) is 2.06. The lowest BCUT2D eigenvalue weighted by Gasteiger charge is -2.18. The van der Waals surface area contributed by atoms with E-state index in [-0.39, 0.29) is 12.2 Å². The maximum atomic E-state index is 11.2. The maximum absolute atomic E-state index is 11.2. The molecule has 21 heavy (non-hydrogen) atoms. The van der Waals surface area contributed by atoms with Gasteiger partial charge in [0.15, 0.2) is 0 Å². The molecule has 2 heterocycles. The van der Waals surface area contributed by atoms with Crippen LogP contribution < -0.4 is 4.90 Å². The second-order valence-corrected chi connectivity index (χ2v) is 5.46. The molecule has 1 aliphatic rings. The molecule has 0 amide bonds. The van der Waals surface area contributed by atoms with Gasteiger partial charge < -0.3 is 15.1 Å². The molecule has 2 aromatic rings. The summed E-state index contributed by atoms with van der Waals surface area (Å²) in [6, 6.07) is 8.88. The first-order valence-corrected chi connectivity index (χ1v) is 7.18. The number of rotatable bonds is 4. The lowest BCUT2D eigenvalue weighted by Crippen LogP contribution is -2.21. The Hall–Kier alpha value is -2.14. The van der Waals surface area contributed by atoms with Crippen LogP contribution in [0, 0.1) is 5.92 Å². The number of aliphatic hydroxyl groups is 1. The van der Waals surface area contributed by atoms with E-state index in [1.165, 1.54) is 0 Å². The van der Waals surface area contributed by atoms with Crippen LogP contribution >= 0.6 is 0 Å². The van der Waals surface area contributed by atoms with Crippen molar-refractivity contribution in [3.8, 4) is 0 Å². The molecule has 0 radical (unpaired) electrons. The Labute approximate surface area is 122 Å². The third kappa shape index (κ3) is 2.69. The smallest absolute Gasteiger partial charge is 0.336 e. The van der Waals surface area contributed by atoms with E-state index in [1.54, 1.807) is 12.1 Å². The van der Waals surface area contributed by atoms with E-state index in [2.05, 4.69) is 9.88 Å². The highest BCUT2D eigenvalue weighted by Crippen LogP contribution is 2.27. The second-order valence-electron chi connectivity index (χ2n) is 5.46. The third-order valence-corrected chi connectivity index (χ3v) is 4.09. The van der Waals surface area contributed by atoms with Crippen molar-refractivity contribution in [2.24, 2.45) is 5.92 Å². The summed E-state index contributed by atoms with van der Waals surface area (Å²) in [6.07, 6.45) is 1.89. The Bertz CT molecular complexity index is 672. The molecule has 1 atom stereocenters. The Morgan fingerprint density at radius 1 is 1.33 bits per heavy atom. The number of anilines is 1. The molecule has 2 N–H and O–H groups in total. The Morgan fingerprint density at radius 2 is 2.19 bits per heavy atom.